The van der Waals surface area contributed by atoms with Crippen LogP contribution in [0.15, 0.2) is 18.3 Å². The first-order chi connectivity index (χ1) is 14.9. The van der Waals surface area contributed by atoms with Gasteiger partial charge in [0.05, 0.1) is 29.7 Å². The molecule has 0 bridgehead atoms. The summed E-state index contributed by atoms with van der Waals surface area (Å²) in [7, 11) is 1.65. The Morgan fingerprint density at radius 2 is 2.03 bits per heavy atom. The molecule has 4 rings (SSSR count). The molecule has 0 aliphatic carbocycles. The topological polar surface area (TPSA) is 111 Å². The van der Waals surface area contributed by atoms with Crippen LogP contribution in [0, 0.1) is 0 Å². The van der Waals surface area contributed by atoms with Crippen molar-refractivity contribution in [1.82, 2.24) is 19.6 Å². The Morgan fingerprint density at radius 3 is 2.71 bits per heavy atom. The molecule has 0 aromatic carbocycles. The standard InChI is InChI=1S/C21H30N6O3S/c1-14(2)16-5-4-15(18(24-16)30-11-10-29-3)17-12-23-19-27(17)25-20(31-19)26-8-6-21(28,13-22)7-9-26/h4-5,12,14,28H,6-11,13,22H2,1-3H3. The molecule has 10 heteroatoms. The van der Waals surface area contributed by atoms with Gasteiger partial charge < -0.3 is 25.2 Å². The summed E-state index contributed by atoms with van der Waals surface area (Å²) in [5.41, 5.74) is 7.60. The summed E-state index contributed by atoms with van der Waals surface area (Å²) in [6.45, 7) is 6.84. The largest absolute Gasteiger partial charge is 0.475 e. The Morgan fingerprint density at radius 1 is 1.26 bits per heavy atom. The minimum Gasteiger partial charge on any atom is -0.475 e. The van der Waals surface area contributed by atoms with Crippen LogP contribution in [0.4, 0.5) is 5.13 Å². The van der Waals surface area contributed by atoms with E-state index in [0.717, 1.165) is 40.1 Å². The molecular weight excluding hydrogens is 416 g/mol. The van der Waals surface area contributed by atoms with Crippen molar-refractivity contribution < 1.29 is 14.6 Å². The van der Waals surface area contributed by atoms with Crippen LogP contribution in [0.3, 0.4) is 0 Å². The van der Waals surface area contributed by atoms with Gasteiger partial charge in [-0.3, -0.25) is 0 Å². The second-order valence-electron chi connectivity index (χ2n) is 8.22. The molecule has 4 heterocycles. The molecule has 0 radical (unpaired) electrons. The fourth-order valence-electron chi connectivity index (χ4n) is 3.62. The molecule has 3 N–H and O–H groups in total. The molecule has 0 atom stereocenters. The van der Waals surface area contributed by atoms with Gasteiger partial charge in [0, 0.05) is 32.4 Å². The van der Waals surface area contributed by atoms with Crippen LogP contribution in [0.1, 0.15) is 38.3 Å². The van der Waals surface area contributed by atoms with Gasteiger partial charge in [0.2, 0.25) is 16.0 Å². The Labute approximate surface area is 185 Å². The van der Waals surface area contributed by atoms with Crippen molar-refractivity contribution >= 4 is 21.4 Å². The molecule has 9 nitrogen and oxygen atoms in total. The molecule has 0 unspecified atom stereocenters. The summed E-state index contributed by atoms with van der Waals surface area (Å²) >= 11 is 1.53. The lowest BCUT2D eigenvalue weighted by Crippen LogP contribution is -2.48. The van der Waals surface area contributed by atoms with Gasteiger partial charge in [-0.1, -0.05) is 25.2 Å². The second-order valence-corrected chi connectivity index (χ2v) is 9.16. The molecular formula is C21H30N6O3S. The highest BCUT2D eigenvalue weighted by Gasteiger charge is 2.32. The molecule has 168 valence electrons. The number of anilines is 1. The van der Waals surface area contributed by atoms with Crippen LogP contribution in [-0.2, 0) is 4.74 Å². The van der Waals surface area contributed by atoms with E-state index in [2.05, 4.69) is 23.7 Å². The minimum absolute atomic E-state index is 0.289. The summed E-state index contributed by atoms with van der Waals surface area (Å²) in [6, 6.07) is 4.04. The number of aromatic nitrogens is 4. The zero-order chi connectivity index (χ0) is 22.0. The van der Waals surface area contributed by atoms with Gasteiger partial charge in [-0.15, -0.1) is 5.10 Å². The Kier molecular flexibility index (Phi) is 6.42. The predicted octanol–water partition coefficient (Wildman–Crippen LogP) is 2.29. The van der Waals surface area contributed by atoms with E-state index in [9.17, 15) is 5.11 Å². The molecule has 1 aliphatic heterocycles. The summed E-state index contributed by atoms with van der Waals surface area (Å²) in [5, 5.41) is 16.1. The Hall–Kier alpha value is -2.27. The number of piperidine rings is 1. The summed E-state index contributed by atoms with van der Waals surface area (Å²) in [5.74, 6) is 0.854. The van der Waals surface area contributed by atoms with Crippen molar-refractivity contribution in [3.05, 3.63) is 24.0 Å². The molecule has 0 saturated carbocycles. The number of fused-ring (bicyclic) bond motifs is 1. The molecule has 31 heavy (non-hydrogen) atoms. The monoisotopic (exact) mass is 446 g/mol. The normalized spacial score (nSPS) is 16.4. The van der Waals surface area contributed by atoms with Crippen LogP contribution in [0.25, 0.3) is 16.2 Å². The minimum atomic E-state index is -0.767. The van der Waals surface area contributed by atoms with Crippen molar-refractivity contribution in [1.29, 1.82) is 0 Å². The average molecular weight is 447 g/mol. The van der Waals surface area contributed by atoms with Crippen molar-refractivity contribution in [2.75, 3.05) is 44.9 Å². The van der Waals surface area contributed by atoms with Crippen LogP contribution in [-0.4, -0.2) is 70.2 Å². The number of pyridine rings is 1. The Bertz CT molecular complexity index is 1030. The number of hydrogen-bond donors (Lipinski definition) is 2. The Balaban J connectivity index is 1.64. The fourth-order valence-corrected chi connectivity index (χ4v) is 4.54. The first kappa shape index (κ1) is 21.9. The maximum Gasteiger partial charge on any atom is 0.223 e. The number of rotatable bonds is 8. The first-order valence-electron chi connectivity index (χ1n) is 10.6. The lowest BCUT2D eigenvalue weighted by atomic mass is 9.92. The van der Waals surface area contributed by atoms with Crippen molar-refractivity contribution in [2.24, 2.45) is 5.73 Å². The van der Waals surface area contributed by atoms with Gasteiger partial charge in [-0.05, 0) is 30.9 Å². The molecule has 1 fully saturated rings. The summed E-state index contributed by atoms with van der Waals surface area (Å²) < 4.78 is 12.9. The third-order valence-electron chi connectivity index (χ3n) is 5.69. The number of aliphatic hydroxyl groups is 1. The summed E-state index contributed by atoms with van der Waals surface area (Å²) in [4.78, 5) is 12.3. The molecule has 3 aromatic heterocycles. The maximum absolute atomic E-state index is 10.4. The quantitative estimate of drug-likeness (QED) is 0.507. The van der Waals surface area contributed by atoms with Gasteiger partial charge in [0.1, 0.15) is 6.61 Å². The van der Waals surface area contributed by atoms with Gasteiger partial charge in [-0.25, -0.2) is 14.5 Å². The number of nitrogens with zero attached hydrogens (tertiary/aromatic N) is 5. The average Bonchev–Trinajstić information content (AvgIpc) is 3.35. The molecule has 0 amide bonds. The third-order valence-corrected chi connectivity index (χ3v) is 6.68. The van der Waals surface area contributed by atoms with E-state index in [1.165, 1.54) is 11.3 Å². The smallest absolute Gasteiger partial charge is 0.223 e. The van der Waals surface area contributed by atoms with Gasteiger partial charge >= 0.3 is 0 Å². The third kappa shape index (κ3) is 4.52. The predicted molar refractivity (Wildman–Crippen MR) is 121 cm³/mol. The second kappa shape index (κ2) is 9.07. The fraction of sp³-hybridized carbons (Fsp3) is 0.571. The van der Waals surface area contributed by atoms with Gasteiger partial charge in [0.15, 0.2) is 0 Å². The van der Waals surface area contributed by atoms with Crippen molar-refractivity contribution in [3.8, 4) is 17.1 Å². The van der Waals surface area contributed by atoms with Crippen LogP contribution < -0.4 is 15.4 Å². The summed E-state index contributed by atoms with van der Waals surface area (Å²) in [6.07, 6.45) is 3.08. The van der Waals surface area contributed by atoms with Crippen LogP contribution >= 0.6 is 11.3 Å². The van der Waals surface area contributed by atoms with E-state index in [1.54, 1.807) is 13.3 Å². The zero-order valence-corrected chi connectivity index (χ0v) is 19.1. The number of imidazole rings is 1. The zero-order valence-electron chi connectivity index (χ0n) is 18.2. The van der Waals surface area contributed by atoms with Crippen LogP contribution in [0.5, 0.6) is 5.88 Å². The van der Waals surface area contributed by atoms with E-state index >= 15 is 0 Å². The van der Waals surface area contributed by atoms with E-state index < -0.39 is 5.60 Å². The SMILES string of the molecule is COCCOc1nc(C(C)C)ccc1-c1cnc2sc(N3CCC(O)(CN)CC3)nn12. The highest BCUT2D eigenvalue weighted by atomic mass is 32.1. The highest BCUT2D eigenvalue weighted by Crippen LogP contribution is 2.34. The first-order valence-corrected chi connectivity index (χ1v) is 11.4. The van der Waals surface area contributed by atoms with Crippen molar-refractivity contribution in [3.63, 3.8) is 0 Å². The number of nitrogens with two attached hydrogens (primary N) is 1. The molecule has 0 spiro atoms. The number of methoxy groups -OCH3 is 1. The molecule has 3 aromatic rings. The number of hydrogen-bond acceptors (Lipinski definition) is 9. The van der Waals surface area contributed by atoms with Gasteiger partial charge in [-0.2, -0.15) is 0 Å². The highest BCUT2D eigenvalue weighted by molar-refractivity contribution is 7.20. The van der Waals surface area contributed by atoms with E-state index in [0.29, 0.717) is 37.9 Å². The van der Waals surface area contributed by atoms with E-state index in [1.807, 2.05) is 16.6 Å². The van der Waals surface area contributed by atoms with E-state index in [4.69, 9.17) is 25.3 Å². The van der Waals surface area contributed by atoms with E-state index in [-0.39, 0.29) is 6.54 Å². The lowest BCUT2D eigenvalue weighted by molar-refractivity contribution is 0.0249. The number of ether oxygens (including phenoxy) is 2. The lowest BCUT2D eigenvalue weighted by Gasteiger charge is -2.37. The maximum atomic E-state index is 10.4. The van der Waals surface area contributed by atoms with Gasteiger partial charge in [0.25, 0.3) is 0 Å². The molecule has 1 aliphatic rings. The van der Waals surface area contributed by atoms with Crippen LogP contribution in [0.2, 0.25) is 0 Å². The van der Waals surface area contributed by atoms with Crippen molar-refractivity contribution in [2.45, 2.75) is 38.2 Å². The molecule has 1 saturated heterocycles.